The number of hydrogen-bond acceptors (Lipinski definition) is 0. The van der Waals surface area contributed by atoms with Gasteiger partial charge >= 0.3 is 0 Å². The van der Waals surface area contributed by atoms with Crippen LogP contribution in [-0.2, 0) is 0 Å². The van der Waals surface area contributed by atoms with Gasteiger partial charge in [-0.2, -0.15) is 0 Å². The highest BCUT2D eigenvalue weighted by atomic mass is 15.0. The van der Waals surface area contributed by atoms with Gasteiger partial charge < -0.3 is 9.13 Å². The molecule has 1 aliphatic carbocycles. The summed E-state index contributed by atoms with van der Waals surface area (Å²) in [6.07, 6.45) is 0. The van der Waals surface area contributed by atoms with E-state index in [-0.39, 0.29) is 0 Å². The van der Waals surface area contributed by atoms with Crippen LogP contribution in [0.25, 0.3) is 132 Å². The lowest BCUT2D eigenvalue weighted by Gasteiger charge is -2.16. The maximum absolute atomic E-state index is 2.52. The van der Waals surface area contributed by atoms with Crippen LogP contribution >= 0.6 is 0 Å². The molecule has 0 bridgehead atoms. The third-order valence-corrected chi connectivity index (χ3v) is 13.8. The van der Waals surface area contributed by atoms with E-state index in [1.54, 1.807) is 0 Å². The van der Waals surface area contributed by atoms with Crippen molar-refractivity contribution in [2.24, 2.45) is 0 Å². The zero-order chi connectivity index (χ0) is 41.9. The highest BCUT2D eigenvalue weighted by Crippen LogP contribution is 2.50. The first kappa shape index (κ1) is 35.2. The summed E-state index contributed by atoms with van der Waals surface area (Å²) in [5.74, 6) is 0. The SMILES string of the molecule is c1ccc(-n2c3ccccc3c3cc(-c4ccc5c(c4)c4ccc6ccccc6c4n5-c4ccccc4-c4cccc(-c5ccc6c7c(cccc57)-c5ccccc5-6)c4)ccc32)cc1. The molecule has 2 nitrogen and oxygen atoms in total. The first-order chi connectivity index (χ1) is 31.8. The minimum atomic E-state index is 1.16. The molecule has 0 N–H and O–H groups in total. The van der Waals surface area contributed by atoms with Crippen LogP contribution in [0.2, 0.25) is 0 Å². The molecule has 0 saturated carbocycles. The summed E-state index contributed by atoms with van der Waals surface area (Å²) in [5, 5.41) is 10.1. The Hall–Kier alpha value is -8.46. The summed E-state index contributed by atoms with van der Waals surface area (Å²) < 4.78 is 4.90. The summed E-state index contributed by atoms with van der Waals surface area (Å²) in [4.78, 5) is 0. The average molecular weight is 811 g/mol. The fourth-order valence-electron chi connectivity index (χ4n) is 11.0. The van der Waals surface area contributed by atoms with Crippen molar-refractivity contribution in [2.45, 2.75) is 0 Å². The molecule has 296 valence electrons. The number of hydrogen-bond donors (Lipinski definition) is 0. The molecule has 11 aromatic carbocycles. The highest BCUT2D eigenvalue weighted by Gasteiger charge is 2.23. The van der Waals surface area contributed by atoms with Gasteiger partial charge in [-0.15, -0.1) is 0 Å². The Morgan fingerprint density at radius 3 is 1.62 bits per heavy atom. The smallest absolute Gasteiger partial charge is 0.0619 e. The van der Waals surface area contributed by atoms with Gasteiger partial charge in [-0.3, -0.25) is 0 Å². The molecule has 1 aliphatic rings. The van der Waals surface area contributed by atoms with E-state index in [0.29, 0.717) is 0 Å². The van der Waals surface area contributed by atoms with Gasteiger partial charge in [0.25, 0.3) is 0 Å². The Kier molecular flexibility index (Phi) is 7.43. The zero-order valence-corrected chi connectivity index (χ0v) is 34.8. The molecule has 13 aromatic rings. The van der Waals surface area contributed by atoms with Crippen molar-refractivity contribution in [1.29, 1.82) is 0 Å². The third kappa shape index (κ3) is 5.02. The number of fused-ring (bicyclic) bond motifs is 11. The molecule has 0 radical (unpaired) electrons. The molecule has 0 atom stereocenters. The quantitative estimate of drug-likeness (QED) is 0.164. The Morgan fingerprint density at radius 2 is 0.812 bits per heavy atom. The summed E-state index contributed by atoms with van der Waals surface area (Å²) in [6, 6.07) is 85.3. The summed E-state index contributed by atoms with van der Waals surface area (Å²) in [5.41, 5.74) is 19.7. The van der Waals surface area contributed by atoms with E-state index in [1.807, 2.05) is 0 Å². The van der Waals surface area contributed by atoms with Crippen LogP contribution in [-0.4, -0.2) is 9.13 Å². The minimum Gasteiger partial charge on any atom is -0.309 e. The number of aromatic nitrogens is 2. The third-order valence-electron chi connectivity index (χ3n) is 13.8. The van der Waals surface area contributed by atoms with Crippen LogP contribution in [0.3, 0.4) is 0 Å². The lowest BCUT2D eigenvalue weighted by molar-refractivity contribution is 1.18. The largest absolute Gasteiger partial charge is 0.309 e. The van der Waals surface area contributed by atoms with Crippen LogP contribution < -0.4 is 0 Å². The van der Waals surface area contributed by atoms with Gasteiger partial charge in [-0.05, 0) is 121 Å². The Bertz CT molecular complexity index is 4040. The van der Waals surface area contributed by atoms with Crippen molar-refractivity contribution >= 4 is 65.2 Å². The molecular weight excluding hydrogens is 773 g/mol. The lowest BCUT2D eigenvalue weighted by atomic mass is 9.92. The molecule has 0 saturated heterocycles. The molecule has 0 aliphatic heterocycles. The van der Waals surface area contributed by atoms with Crippen molar-refractivity contribution in [1.82, 2.24) is 9.13 Å². The maximum Gasteiger partial charge on any atom is 0.0619 e. The molecule has 2 heterocycles. The fraction of sp³-hybridized carbons (Fsp3) is 0. The van der Waals surface area contributed by atoms with Crippen LogP contribution in [0.1, 0.15) is 0 Å². The van der Waals surface area contributed by atoms with Gasteiger partial charge in [-0.25, -0.2) is 0 Å². The highest BCUT2D eigenvalue weighted by molar-refractivity contribution is 6.21. The molecule has 0 amide bonds. The standard InChI is InChI=1S/C62H38N2/c1-2-17-44(18-3-1)63-58-27-11-9-23-50(58)55-37-40(29-34-59(55)63)41-30-35-60-56(38-41)54-31-28-39-14-4-5-20-47(39)62(54)64(60)57-26-10-8-19-46(57)43-16-12-15-42(36-43)45-32-33-53-49-22-7-6-21-48(49)52-25-13-24-51(45)61(52)53/h1-38H. The van der Waals surface area contributed by atoms with E-state index < -0.39 is 0 Å². The number of para-hydroxylation sites is 3. The minimum absolute atomic E-state index is 1.16. The van der Waals surface area contributed by atoms with Crippen LogP contribution in [0, 0.1) is 0 Å². The molecule has 64 heavy (non-hydrogen) atoms. The van der Waals surface area contributed by atoms with E-state index in [9.17, 15) is 0 Å². The van der Waals surface area contributed by atoms with Crippen molar-refractivity contribution in [2.75, 3.05) is 0 Å². The number of rotatable bonds is 5. The normalized spacial score (nSPS) is 12.1. The van der Waals surface area contributed by atoms with Gasteiger partial charge in [0, 0.05) is 38.2 Å². The van der Waals surface area contributed by atoms with Gasteiger partial charge in [0.1, 0.15) is 0 Å². The van der Waals surface area contributed by atoms with E-state index in [1.165, 1.54) is 126 Å². The molecular formula is C62H38N2. The molecule has 0 unspecified atom stereocenters. The van der Waals surface area contributed by atoms with Gasteiger partial charge in [0.05, 0.1) is 27.8 Å². The first-order valence-electron chi connectivity index (χ1n) is 22.2. The second kappa shape index (κ2) is 13.5. The van der Waals surface area contributed by atoms with Crippen LogP contribution in [0.4, 0.5) is 0 Å². The lowest BCUT2D eigenvalue weighted by Crippen LogP contribution is -1.98. The van der Waals surface area contributed by atoms with E-state index in [4.69, 9.17) is 0 Å². The molecule has 0 spiro atoms. The van der Waals surface area contributed by atoms with Crippen molar-refractivity contribution in [3.63, 3.8) is 0 Å². The van der Waals surface area contributed by atoms with Gasteiger partial charge in [0.2, 0.25) is 0 Å². The summed E-state index contributed by atoms with van der Waals surface area (Å²) >= 11 is 0. The predicted molar refractivity (Wildman–Crippen MR) is 271 cm³/mol. The predicted octanol–water partition coefficient (Wildman–Crippen LogP) is 16.8. The Morgan fingerprint density at radius 1 is 0.250 bits per heavy atom. The zero-order valence-electron chi connectivity index (χ0n) is 34.8. The van der Waals surface area contributed by atoms with E-state index in [0.717, 1.165) is 5.69 Å². The number of nitrogens with zero attached hydrogens (tertiary/aromatic N) is 2. The monoisotopic (exact) mass is 810 g/mol. The second-order valence-electron chi connectivity index (χ2n) is 17.2. The molecule has 2 heteroatoms. The van der Waals surface area contributed by atoms with Crippen LogP contribution in [0.5, 0.6) is 0 Å². The Labute approximate surface area is 370 Å². The number of benzene rings is 11. The first-order valence-corrected chi connectivity index (χ1v) is 22.2. The topological polar surface area (TPSA) is 9.86 Å². The molecule has 2 aromatic heterocycles. The van der Waals surface area contributed by atoms with Crippen molar-refractivity contribution < 1.29 is 0 Å². The fourth-order valence-corrected chi connectivity index (χ4v) is 11.0. The average Bonchev–Trinajstić information content (AvgIpc) is 4.00. The maximum atomic E-state index is 2.52. The summed E-state index contributed by atoms with van der Waals surface area (Å²) in [7, 11) is 0. The van der Waals surface area contributed by atoms with Crippen LogP contribution in [0.15, 0.2) is 231 Å². The molecule has 0 fully saturated rings. The Balaban J connectivity index is 0.950. The van der Waals surface area contributed by atoms with E-state index >= 15 is 0 Å². The van der Waals surface area contributed by atoms with Crippen molar-refractivity contribution in [3.8, 4) is 67.0 Å². The molecule has 14 rings (SSSR count). The van der Waals surface area contributed by atoms with Crippen molar-refractivity contribution in [3.05, 3.63) is 231 Å². The van der Waals surface area contributed by atoms with Gasteiger partial charge in [-0.1, -0.05) is 176 Å². The second-order valence-corrected chi connectivity index (χ2v) is 17.2. The van der Waals surface area contributed by atoms with E-state index in [2.05, 4.69) is 240 Å². The summed E-state index contributed by atoms with van der Waals surface area (Å²) in [6.45, 7) is 0. The van der Waals surface area contributed by atoms with Gasteiger partial charge in [0.15, 0.2) is 0 Å².